The molecular weight excluding hydrogens is 308 g/mol. The Kier molecular flexibility index (Phi) is 6.93. The molecule has 0 aromatic heterocycles. The van der Waals surface area contributed by atoms with Crippen LogP contribution in [-0.4, -0.2) is 30.7 Å². The van der Waals surface area contributed by atoms with E-state index in [1.807, 2.05) is 30.3 Å². The SMILES string of the molecule is NC(=O)[C@H]1CCCC[C@H]1C(=O)NCC(=O)COCc1ccccc1. The molecule has 1 saturated carbocycles. The first-order valence-electron chi connectivity index (χ1n) is 8.28. The van der Waals surface area contributed by atoms with Crippen LogP contribution in [0, 0.1) is 11.8 Å². The Balaban J connectivity index is 1.70. The quantitative estimate of drug-likeness (QED) is 0.747. The fourth-order valence-electron chi connectivity index (χ4n) is 3.01. The normalized spacial score (nSPS) is 20.3. The molecule has 0 aliphatic heterocycles. The molecule has 1 aliphatic rings. The molecule has 6 nitrogen and oxygen atoms in total. The molecule has 1 aromatic rings. The van der Waals surface area contributed by atoms with Gasteiger partial charge < -0.3 is 15.8 Å². The van der Waals surface area contributed by atoms with Crippen LogP contribution in [0.4, 0.5) is 0 Å². The Labute approximate surface area is 141 Å². The number of benzene rings is 1. The third-order valence-electron chi connectivity index (χ3n) is 4.30. The minimum atomic E-state index is -0.438. The Morgan fingerprint density at radius 1 is 1.08 bits per heavy atom. The number of Topliss-reactive ketones (excluding diaryl/α,β-unsaturated/α-hetero) is 1. The molecule has 0 heterocycles. The molecule has 0 spiro atoms. The van der Waals surface area contributed by atoms with Gasteiger partial charge in [0.05, 0.1) is 13.2 Å². The van der Waals surface area contributed by atoms with Crippen LogP contribution in [0.5, 0.6) is 0 Å². The van der Waals surface area contributed by atoms with Crippen LogP contribution >= 0.6 is 0 Å². The number of amides is 2. The van der Waals surface area contributed by atoms with Crippen molar-refractivity contribution in [2.24, 2.45) is 17.6 Å². The molecule has 1 aliphatic carbocycles. The lowest BCUT2D eigenvalue weighted by Gasteiger charge is -2.28. The van der Waals surface area contributed by atoms with Gasteiger partial charge in [0.15, 0.2) is 5.78 Å². The summed E-state index contributed by atoms with van der Waals surface area (Å²) in [5.41, 5.74) is 6.35. The van der Waals surface area contributed by atoms with Crippen LogP contribution in [0.3, 0.4) is 0 Å². The van der Waals surface area contributed by atoms with Crippen molar-refractivity contribution in [1.29, 1.82) is 0 Å². The van der Waals surface area contributed by atoms with Gasteiger partial charge in [-0.25, -0.2) is 0 Å². The molecule has 2 atom stereocenters. The second-order valence-corrected chi connectivity index (χ2v) is 6.13. The fraction of sp³-hybridized carbons (Fsp3) is 0.500. The van der Waals surface area contributed by atoms with Crippen molar-refractivity contribution in [1.82, 2.24) is 5.32 Å². The number of nitrogens with one attached hydrogen (secondary N) is 1. The molecule has 1 aromatic carbocycles. The molecule has 2 rings (SSSR count). The average Bonchev–Trinajstić information content (AvgIpc) is 2.60. The largest absolute Gasteiger partial charge is 0.369 e. The first-order valence-corrected chi connectivity index (χ1v) is 8.28. The number of ether oxygens (including phenoxy) is 1. The molecule has 2 amide bonds. The summed E-state index contributed by atoms with van der Waals surface area (Å²) in [6.07, 6.45) is 3.08. The van der Waals surface area contributed by atoms with Crippen molar-refractivity contribution in [2.45, 2.75) is 32.3 Å². The topological polar surface area (TPSA) is 98.5 Å². The minimum Gasteiger partial charge on any atom is -0.369 e. The predicted molar refractivity (Wildman–Crippen MR) is 88.8 cm³/mol. The highest BCUT2D eigenvalue weighted by Crippen LogP contribution is 2.29. The van der Waals surface area contributed by atoms with Crippen molar-refractivity contribution in [3.8, 4) is 0 Å². The lowest BCUT2D eigenvalue weighted by molar-refractivity contribution is -0.136. The van der Waals surface area contributed by atoms with Crippen LogP contribution in [0.1, 0.15) is 31.2 Å². The number of hydrogen-bond donors (Lipinski definition) is 2. The molecule has 0 unspecified atom stereocenters. The first-order chi connectivity index (χ1) is 11.6. The van der Waals surface area contributed by atoms with E-state index < -0.39 is 17.7 Å². The second-order valence-electron chi connectivity index (χ2n) is 6.13. The molecule has 3 N–H and O–H groups in total. The van der Waals surface area contributed by atoms with E-state index in [4.69, 9.17) is 10.5 Å². The zero-order valence-electron chi connectivity index (χ0n) is 13.7. The Morgan fingerprint density at radius 2 is 1.75 bits per heavy atom. The van der Waals surface area contributed by atoms with Crippen molar-refractivity contribution in [2.75, 3.05) is 13.2 Å². The number of primary amides is 1. The number of ketones is 1. The van der Waals surface area contributed by atoms with Gasteiger partial charge in [0, 0.05) is 11.8 Å². The molecule has 0 radical (unpaired) electrons. The van der Waals surface area contributed by atoms with Gasteiger partial charge in [0.25, 0.3) is 0 Å². The van der Waals surface area contributed by atoms with Crippen LogP contribution in [-0.2, 0) is 25.7 Å². The van der Waals surface area contributed by atoms with Gasteiger partial charge in [-0.15, -0.1) is 0 Å². The van der Waals surface area contributed by atoms with E-state index in [1.165, 1.54) is 0 Å². The summed E-state index contributed by atoms with van der Waals surface area (Å²) in [6.45, 7) is 0.210. The third kappa shape index (κ3) is 5.45. The fourth-order valence-corrected chi connectivity index (χ4v) is 3.01. The van der Waals surface area contributed by atoms with Crippen molar-refractivity contribution >= 4 is 17.6 Å². The van der Waals surface area contributed by atoms with Gasteiger partial charge in [0.1, 0.15) is 6.61 Å². The Bertz CT molecular complexity index is 574. The molecular formula is C18H24N2O4. The van der Waals surface area contributed by atoms with E-state index in [-0.39, 0.29) is 24.8 Å². The number of nitrogens with two attached hydrogens (primary N) is 1. The van der Waals surface area contributed by atoms with Crippen LogP contribution in [0.25, 0.3) is 0 Å². The Hall–Kier alpha value is -2.21. The molecule has 1 fully saturated rings. The predicted octanol–water partition coefficient (Wildman–Crippen LogP) is 1.18. The lowest BCUT2D eigenvalue weighted by atomic mass is 9.78. The second kappa shape index (κ2) is 9.17. The maximum absolute atomic E-state index is 12.2. The molecule has 6 heteroatoms. The van der Waals surface area contributed by atoms with Crippen LogP contribution in [0.2, 0.25) is 0 Å². The summed E-state index contributed by atoms with van der Waals surface area (Å²) >= 11 is 0. The smallest absolute Gasteiger partial charge is 0.224 e. The zero-order valence-corrected chi connectivity index (χ0v) is 13.7. The van der Waals surface area contributed by atoms with Gasteiger partial charge in [-0.3, -0.25) is 14.4 Å². The van der Waals surface area contributed by atoms with E-state index in [9.17, 15) is 14.4 Å². The lowest BCUT2D eigenvalue weighted by Crippen LogP contribution is -2.43. The zero-order chi connectivity index (χ0) is 17.4. The van der Waals surface area contributed by atoms with E-state index in [0.29, 0.717) is 19.4 Å². The number of carbonyl (C=O) groups is 3. The molecule has 0 saturated heterocycles. The van der Waals surface area contributed by atoms with Crippen LogP contribution < -0.4 is 11.1 Å². The highest BCUT2D eigenvalue weighted by molar-refractivity contribution is 5.90. The highest BCUT2D eigenvalue weighted by Gasteiger charge is 2.34. The van der Waals surface area contributed by atoms with E-state index in [1.54, 1.807) is 0 Å². The first kappa shape index (κ1) is 18.1. The maximum atomic E-state index is 12.2. The number of carbonyl (C=O) groups excluding carboxylic acids is 3. The summed E-state index contributed by atoms with van der Waals surface area (Å²) in [6, 6.07) is 9.55. The van der Waals surface area contributed by atoms with Crippen LogP contribution in [0.15, 0.2) is 30.3 Å². The monoisotopic (exact) mass is 332 g/mol. The summed E-state index contributed by atoms with van der Waals surface area (Å²) in [7, 11) is 0. The number of rotatable bonds is 8. The van der Waals surface area contributed by atoms with Crippen molar-refractivity contribution in [3.63, 3.8) is 0 Å². The molecule has 130 valence electrons. The summed E-state index contributed by atoms with van der Waals surface area (Å²) < 4.78 is 5.34. The van der Waals surface area contributed by atoms with Gasteiger partial charge in [0.2, 0.25) is 11.8 Å². The number of hydrogen-bond acceptors (Lipinski definition) is 4. The van der Waals surface area contributed by atoms with Gasteiger partial charge in [-0.1, -0.05) is 43.2 Å². The van der Waals surface area contributed by atoms with Crippen molar-refractivity contribution in [3.05, 3.63) is 35.9 Å². The Morgan fingerprint density at radius 3 is 2.42 bits per heavy atom. The van der Waals surface area contributed by atoms with E-state index in [0.717, 1.165) is 18.4 Å². The molecule has 0 bridgehead atoms. The van der Waals surface area contributed by atoms with E-state index in [2.05, 4.69) is 5.32 Å². The minimum absolute atomic E-state index is 0.0565. The van der Waals surface area contributed by atoms with E-state index >= 15 is 0 Å². The van der Waals surface area contributed by atoms with Gasteiger partial charge >= 0.3 is 0 Å². The average molecular weight is 332 g/mol. The van der Waals surface area contributed by atoms with Gasteiger partial charge in [-0.2, -0.15) is 0 Å². The van der Waals surface area contributed by atoms with Crippen molar-refractivity contribution < 1.29 is 19.1 Å². The molecule has 24 heavy (non-hydrogen) atoms. The standard InChI is InChI=1S/C18H24N2O4/c19-17(22)15-8-4-5-9-16(15)18(23)20-10-14(21)12-24-11-13-6-2-1-3-7-13/h1-3,6-7,15-16H,4-5,8-12H2,(H2,19,22)(H,20,23)/t15-,16+/m0/s1. The highest BCUT2D eigenvalue weighted by atomic mass is 16.5. The maximum Gasteiger partial charge on any atom is 0.224 e. The summed E-state index contributed by atoms with van der Waals surface area (Å²) in [4.78, 5) is 35.4. The summed E-state index contributed by atoms with van der Waals surface area (Å²) in [5.74, 6) is -1.76. The summed E-state index contributed by atoms with van der Waals surface area (Å²) in [5, 5.41) is 2.61. The van der Waals surface area contributed by atoms with Gasteiger partial charge in [-0.05, 0) is 18.4 Å². The third-order valence-corrected chi connectivity index (χ3v) is 4.30.